The maximum atomic E-state index is 13.3. The number of hydrogen-bond donors (Lipinski definition) is 1. The highest BCUT2D eigenvalue weighted by atomic mass is 16.6. The molecular formula is C28H38NO3+. The fraction of sp³-hybridized carbons (Fsp3) is 0.536. The van der Waals surface area contributed by atoms with Gasteiger partial charge in [-0.3, -0.25) is 0 Å². The number of ether oxygens (including phenoxy) is 1. The summed E-state index contributed by atoms with van der Waals surface area (Å²) < 4.78 is 6.87. The Morgan fingerprint density at radius 1 is 1.00 bits per heavy atom. The van der Waals surface area contributed by atoms with Crippen molar-refractivity contribution in [2.75, 3.05) is 26.7 Å². The van der Waals surface area contributed by atoms with E-state index in [4.69, 9.17) is 4.74 Å². The van der Waals surface area contributed by atoms with E-state index in [0.717, 1.165) is 68.9 Å². The first kappa shape index (κ1) is 23.0. The molecule has 2 aromatic carbocycles. The van der Waals surface area contributed by atoms with Gasteiger partial charge in [0.15, 0.2) is 5.60 Å². The van der Waals surface area contributed by atoms with E-state index >= 15 is 0 Å². The minimum absolute atomic E-state index is 0.0623. The van der Waals surface area contributed by atoms with Crippen LogP contribution in [-0.4, -0.2) is 48.3 Å². The number of aliphatic hydroxyl groups is 1. The van der Waals surface area contributed by atoms with Crippen molar-refractivity contribution >= 4 is 5.97 Å². The molecule has 3 atom stereocenters. The summed E-state index contributed by atoms with van der Waals surface area (Å²) in [5.41, 5.74) is 0.516. The molecule has 1 aliphatic heterocycles. The monoisotopic (exact) mass is 436 g/mol. The van der Waals surface area contributed by atoms with E-state index < -0.39 is 11.6 Å². The van der Waals surface area contributed by atoms with Gasteiger partial charge in [-0.25, -0.2) is 4.79 Å². The maximum Gasteiger partial charge on any atom is 0.343 e. The van der Waals surface area contributed by atoms with Gasteiger partial charge in [0.1, 0.15) is 12.6 Å². The zero-order chi connectivity index (χ0) is 22.4. The number of benzene rings is 2. The lowest BCUT2D eigenvalue weighted by Crippen LogP contribution is -2.52. The zero-order valence-electron chi connectivity index (χ0n) is 19.4. The molecule has 0 aromatic heterocycles. The van der Waals surface area contributed by atoms with E-state index in [2.05, 4.69) is 37.4 Å². The van der Waals surface area contributed by atoms with Crippen LogP contribution in [0.3, 0.4) is 0 Å². The second-order valence-electron chi connectivity index (χ2n) is 10.0. The van der Waals surface area contributed by atoms with Crippen LogP contribution in [0.5, 0.6) is 0 Å². The number of aryl methyl sites for hydroxylation is 1. The van der Waals surface area contributed by atoms with Crippen molar-refractivity contribution in [3.63, 3.8) is 0 Å². The first-order valence-corrected chi connectivity index (χ1v) is 12.4. The Hall–Kier alpha value is -2.17. The number of hydrogen-bond acceptors (Lipinski definition) is 3. The van der Waals surface area contributed by atoms with Gasteiger partial charge in [-0.2, -0.15) is 0 Å². The van der Waals surface area contributed by atoms with E-state index in [0.29, 0.717) is 18.2 Å². The molecule has 1 aliphatic carbocycles. The van der Waals surface area contributed by atoms with Crippen LogP contribution >= 0.6 is 0 Å². The molecule has 4 rings (SSSR count). The average Bonchev–Trinajstić information content (AvgIpc) is 3.49. The summed E-state index contributed by atoms with van der Waals surface area (Å²) in [6, 6.07) is 20.4. The number of rotatable bonds is 9. The third-order valence-electron chi connectivity index (χ3n) is 7.94. The molecule has 4 nitrogen and oxygen atoms in total. The summed E-state index contributed by atoms with van der Waals surface area (Å²) in [7, 11) is 2.30. The first-order chi connectivity index (χ1) is 15.5. The highest BCUT2D eigenvalue weighted by Gasteiger charge is 2.48. The molecule has 1 N–H and O–H groups in total. The third kappa shape index (κ3) is 4.92. The van der Waals surface area contributed by atoms with Crippen molar-refractivity contribution in [1.29, 1.82) is 0 Å². The van der Waals surface area contributed by atoms with Crippen LogP contribution in [0.2, 0.25) is 0 Å². The fourth-order valence-corrected chi connectivity index (χ4v) is 5.87. The van der Waals surface area contributed by atoms with Gasteiger partial charge < -0.3 is 14.3 Å². The van der Waals surface area contributed by atoms with Crippen LogP contribution in [0.25, 0.3) is 0 Å². The molecule has 2 unspecified atom stereocenters. The first-order valence-electron chi connectivity index (χ1n) is 12.4. The van der Waals surface area contributed by atoms with E-state index in [-0.39, 0.29) is 5.92 Å². The standard InChI is InChI=1S/C28H38NO3/c1-29(20-10-14-23-12-4-2-5-13-23)21-11-19-26(29)22-32-27(30)28(31,25-17-8-9-18-25)24-15-6-3-7-16-24/h2-7,12-13,15-16,25-26,31H,8-11,14,17-22H2,1H3/q+1/t26?,28-,29?/m0/s1. The molecule has 172 valence electrons. The average molecular weight is 437 g/mol. The fourth-order valence-electron chi connectivity index (χ4n) is 5.87. The van der Waals surface area contributed by atoms with Crippen molar-refractivity contribution in [3.8, 4) is 0 Å². The molecule has 32 heavy (non-hydrogen) atoms. The van der Waals surface area contributed by atoms with Crippen LogP contribution < -0.4 is 0 Å². The predicted molar refractivity (Wildman–Crippen MR) is 127 cm³/mol. The quantitative estimate of drug-likeness (QED) is 0.452. The van der Waals surface area contributed by atoms with Crippen LogP contribution in [0, 0.1) is 5.92 Å². The summed E-state index contributed by atoms with van der Waals surface area (Å²) in [6.45, 7) is 2.60. The second kappa shape index (κ2) is 10.2. The van der Waals surface area contributed by atoms with Gasteiger partial charge in [0.05, 0.1) is 20.1 Å². The Morgan fingerprint density at radius 2 is 1.66 bits per heavy atom. The van der Waals surface area contributed by atoms with Crippen LogP contribution in [-0.2, 0) is 21.6 Å². The Labute approximate surface area is 192 Å². The molecule has 2 fully saturated rings. The normalized spacial score (nSPS) is 25.5. The molecular weight excluding hydrogens is 398 g/mol. The van der Waals surface area contributed by atoms with Gasteiger partial charge in [-0.1, -0.05) is 73.5 Å². The number of nitrogens with zero attached hydrogens (tertiary/aromatic N) is 1. The number of quaternary nitrogens is 1. The molecule has 1 heterocycles. The third-order valence-corrected chi connectivity index (χ3v) is 7.94. The van der Waals surface area contributed by atoms with Crippen LogP contribution in [0.15, 0.2) is 60.7 Å². The lowest BCUT2D eigenvalue weighted by molar-refractivity contribution is -0.921. The minimum Gasteiger partial charge on any atom is -0.457 e. The largest absolute Gasteiger partial charge is 0.457 e. The second-order valence-corrected chi connectivity index (χ2v) is 10.0. The number of carbonyl (C=O) groups excluding carboxylic acids is 1. The highest BCUT2D eigenvalue weighted by Crippen LogP contribution is 2.41. The van der Waals surface area contributed by atoms with E-state index in [1.165, 1.54) is 5.56 Å². The van der Waals surface area contributed by atoms with Gasteiger partial charge in [-0.05, 0) is 30.4 Å². The van der Waals surface area contributed by atoms with Crippen molar-refractivity contribution in [2.24, 2.45) is 5.92 Å². The number of carbonyl (C=O) groups is 1. The molecule has 0 radical (unpaired) electrons. The van der Waals surface area contributed by atoms with Crippen molar-refractivity contribution in [3.05, 3.63) is 71.8 Å². The van der Waals surface area contributed by atoms with E-state index in [1.54, 1.807) is 0 Å². The summed E-state index contributed by atoms with van der Waals surface area (Å²) >= 11 is 0. The van der Waals surface area contributed by atoms with Crippen molar-refractivity contribution in [2.45, 2.75) is 63.0 Å². The molecule has 1 saturated heterocycles. The predicted octanol–water partition coefficient (Wildman–Crippen LogP) is 4.85. The van der Waals surface area contributed by atoms with Crippen LogP contribution in [0.1, 0.15) is 56.1 Å². The van der Waals surface area contributed by atoms with E-state index in [9.17, 15) is 9.90 Å². The van der Waals surface area contributed by atoms with Crippen LogP contribution in [0.4, 0.5) is 0 Å². The molecule has 4 heteroatoms. The van der Waals surface area contributed by atoms with Crippen molar-refractivity contribution in [1.82, 2.24) is 0 Å². The summed E-state index contributed by atoms with van der Waals surface area (Å²) in [6.07, 6.45) is 8.31. The lowest BCUT2D eigenvalue weighted by Gasteiger charge is -2.37. The Bertz CT molecular complexity index is 865. The lowest BCUT2D eigenvalue weighted by atomic mass is 9.80. The Morgan fingerprint density at radius 3 is 2.34 bits per heavy atom. The minimum atomic E-state index is -1.53. The van der Waals surface area contributed by atoms with Crippen molar-refractivity contribution < 1.29 is 19.1 Å². The summed E-state index contributed by atoms with van der Waals surface area (Å²) in [5.74, 6) is -0.522. The molecule has 2 aliphatic rings. The molecule has 0 spiro atoms. The molecule has 0 bridgehead atoms. The van der Waals surface area contributed by atoms with Gasteiger partial charge >= 0.3 is 5.97 Å². The zero-order valence-corrected chi connectivity index (χ0v) is 19.4. The van der Waals surface area contributed by atoms with Gasteiger partial charge in [0.2, 0.25) is 0 Å². The SMILES string of the molecule is C[N+]1(CCCc2ccccc2)CCCC1COC(=O)[C@](O)(c1ccccc1)C1CCCC1. The summed E-state index contributed by atoms with van der Waals surface area (Å²) in [5, 5.41) is 11.6. The summed E-state index contributed by atoms with van der Waals surface area (Å²) in [4.78, 5) is 13.3. The van der Waals surface area contributed by atoms with Gasteiger partial charge in [0, 0.05) is 25.2 Å². The molecule has 2 aromatic rings. The molecule has 1 saturated carbocycles. The smallest absolute Gasteiger partial charge is 0.343 e. The topological polar surface area (TPSA) is 46.5 Å². The van der Waals surface area contributed by atoms with E-state index in [1.807, 2.05) is 30.3 Å². The van der Waals surface area contributed by atoms with Gasteiger partial charge in [-0.15, -0.1) is 0 Å². The Kier molecular flexibility index (Phi) is 7.32. The number of esters is 1. The highest BCUT2D eigenvalue weighted by molar-refractivity contribution is 5.81. The maximum absolute atomic E-state index is 13.3. The Balaban J connectivity index is 1.38. The number of likely N-dealkylation sites (N-methyl/N-ethyl adjacent to an activating group) is 1. The number of likely N-dealkylation sites (tertiary alicyclic amines) is 1. The van der Waals surface area contributed by atoms with Gasteiger partial charge in [0.25, 0.3) is 0 Å². The molecule has 0 amide bonds.